The van der Waals surface area contributed by atoms with Crippen LogP contribution in [0.5, 0.6) is 0 Å². The largest absolute Gasteiger partial charge is 0.324 e. The molecule has 0 saturated carbocycles. The van der Waals surface area contributed by atoms with Gasteiger partial charge in [-0.2, -0.15) is 0 Å². The number of hydrogen-bond donors (Lipinski definition) is 1. The van der Waals surface area contributed by atoms with Crippen molar-refractivity contribution in [2.45, 2.75) is 13.8 Å². The number of nitrogens with zero attached hydrogens (tertiary/aromatic N) is 1. The molecule has 0 aromatic heterocycles. The summed E-state index contributed by atoms with van der Waals surface area (Å²) in [5.41, 5.74) is 2.29. The van der Waals surface area contributed by atoms with Gasteiger partial charge in [0.2, 0.25) is 11.8 Å². The number of rotatable bonds is 4. The van der Waals surface area contributed by atoms with Crippen LogP contribution in [0.3, 0.4) is 0 Å². The van der Waals surface area contributed by atoms with Crippen LogP contribution < -0.4 is 10.2 Å². The Kier molecular flexibility index (Phi) is 5.80. The molecule has 2 amide bonds. The van der Waals surface area contributed by atoms with Crippen LogP contribution >= 0.6 is 27.5 Å². The van der Waals surface area contributed by atoms with Crippen LogP contribution in [-0.2, 0) is 9.59 Å². The molecular weight excluding hydrogens is 380 g/mol. The predicted molar refractivity (Wildman–Crippen MR) is 97.0 cm³/mol. The highest BCUT2D eigenvalue weighted by Crippen LogP contribution is 2.21. The highest BCUT2D eigenvalue weighted by atomic mass is 79.9. The first-order valence-corrected chi connectivity index (χ1v) is 8.13. The van der Waals surface area contributed by atoms with Gasteiger partial charge in [0.15, 0.2) is 0 Å². The summed E-state index contributed by atoms with van der Waals surface area (Å²) in [5, 5.41) is 3.40. The van der Waals surface area contributed by atoms with Gasteiger partial charge < -0.3 is 10.2 Å². The van der Waals surface area contributed by atoms with E-state index in [0.29, 0.717) is 10.7 Å². The molecule has 0 spiro atoms. The van der Waals surface area contributed by atoms with Crippen LogP contribution in [0.2, 0.25) is 5.02 Å². The van der Waals surface area contributed by atoms with Gasteiger partial charge >= 0.3 is 0 Å². The van der Waals surface area contributed by atoms with Crippen molar-refractivity contribution < 1.29 is 9.59 Å². The molecule has 0 unspecified atom stereocenters. The van der Waals surface area contributed by atoms with E-state index in [4.69, 9.17) is 11.6 Å². The molecule has 120 valence electrons. The second-order valence-corrected chi connectivity index (χ2v) is 6.44. The molecular formula is C17H16BrClN2O2. The average Bonchev–Trinajstić information content (AvgIpc) is 2.48. The third-order valence-electron chi connectivity index (χ3n) is 3.28. The Morgan fingerprint density at radius 2 is 1.83 bits per heavy atom. The summed E-state index contributed by atoms with van der Waals surface area (Å²) in [6.07, 6.45) is 0. The van der Waals surface area contributed by atoms with Gasteiger partial charge in [0.05, 0.1) is 0 Å². The number of halogens is 2. The van der Waals surface area contributed by atoms with Crippen LogP contribution in [0.4, 0.5) is 11.4 Å². The van der Waals surface area contributed by atoms with E-state index in [1.807, 2.05) is 25.1 Å². The Balaban J connectivity index is 2.12. The summed E-state index contributed by atoms with van der Waals surface area (Å²) >= 11 is 9.23. The molecule has 0 aliphatic rings. The van der Waals surface area contributed by atoms with Gasteiger partial charge in [0.25, 0.3) is 0 Å². The van der Waals surface area contributed by atoms with E-state index < -0.39 is 0 Å². The van der Waals surface area contributed by atoms with E-state index in [0.717, 1.165) is 15.7 Å². The summed E-state index contributed by atoms with van der Waals surface area (Å²) in [4.78, 5) is 25.5. The van der Waals surface area contributed by atoms with Crippen molar-refractivity contribution in [3.05, 3.63) is 57.5 Å². The van der Waals surface area contributed by atoms with Gasteiger partial charge in [-0.1, -0.05) is 27.5 Å². The van der Waals surface area contributed by atoms with Gasteiger partial charge in [-0.25, -0.2) is 0 Å². The molecule has 0 aliphatic heterocycles. The second-order valence-electron chi connectivity index (χ2n) is 5.09. The summed E-state index contributed by atoms with van der Waals surface area (Å²) in [5.74, 6) is -0.476. The van der Waals surface area contributed by atoms with Crippen molar-refractivity contribution >= 4 is 50.7 Å². The number of hydrogen-bond acceptors (Lipinski definition) is 2. The zero-order chi connectivity index (χ0) is 17.0. The fourth-order valence-electron chi connectivity index (χ4n) is 2.11. The molecule has 6 heteroatoms. The minimum atomic E-state index is -0.263. The quantitative estimate of drug-likeness (QED) is 0.834. The molecule has 0 radical (unpaired) electrons. The molecule has 2 rings (SSSR count). The molecule has 4 nitrogen and oxygen atoms in total. The summed E-state index contributed by atoms with van der Waals surface area (Å²) in [6, 6.07) is 12.4. The standard InChI is InChI=1S/C17H16BrClN2O2/c1-11-9-13(18)3-8-16(11)20-17(23)10-21(12(2)22)15-6-4-14(19)5-7-15/h3-9H,10H2,1-2H3,(H,20,23). The van der Waals surface area contributed by atoms with Gasteiger partial charge in [0, 0.05) is 27.8 Å². The van der Waals surface area contributed by atoms with Gasteiger partial charge in [-0.15, -0.1) is 0 Å². The van der Waals surface area contributed by atoms with Gasteiger partial charge in [-0.05, 0) is 55.0 Å². The number of aryl methyl sites for hydroxylation is 1. The summed E-state index contributed by atoms with van der Waals surface area (Å²) in [7, 11) is 0. The zero-order valence-electron chi connectivity index (χ0n) is 12.8. The van der Waals surface area contributed by atoms with Crippen LogP contribution in [0.15, 0.2) is 46.9 Å². The lowest BCUT2D eigenvalue weighted by Crippen LogP contribution is -2.36. The summed E-state index contributed by atoms with van der Waals surface area (Å²) < 4.78 is 0.944. The number of nitrogens with one attached hydrogen (secondary N) is 1. The molecule has 2 aromatic carbocycles. The van der Waals surface area contributed by atoms with E-state index >= 15 is 0 Å². The van der Waals surface area contributed by atoms with Gasteiger partial charge in [0.1, 0.15) is 6.54 Å². The fourth-order valence-corrected chi connectivity index (χ4v) is 2.71. The van der Waals surface area contributed by atoms with Crippen LogP contribution in [0.1, 0.15) is 12.5 Å². The maximum Gasteiger partial charge on any atom is 0.244 e. The monoisotopic (exact) mass is 394 g/mol. The number of amides is 2. The molecule has 23 heavy (non-hydrogen) atoms. The van der Waals surface area contributed by atoms with E-state index in [9.17, 15) is 9.59 Å². The Bertz CT molecular complexity index is 732. The van der Waals surface area contributed by atoms with Crippen LogP contribution in [-0.4, -0.2) is 18.4 Å². The highest BCUT2D eigenvalue weighted by Gasteiger charge is 2.16. The lowest BCUT2D eigenvalue weighted by atomic mass is 10.2. The van der Waals surface area contributed by atoms with E-state index in [1.165, 1.54) is 11.8 Å². The lowest BCUT2D eigenvalue weighted by molar-refractivity contribution is -0.120. The molecule has 0 heterocycles. The predicted octanol–water partition coefficient (Wildman–Crippen LogP) is 4.40. The smallest absolute Gasteiger partial charge is 0.244 e. The van der Waals surface area contributed by atoms with Crippen molar-refractivity contribution in [1.29, 1.82) is 0 Å². The van der Waals surface area contributed by atoms with E-state index in [2.05, 4.69) is 21.2 Å². The number of anilines is 2. The first-order valence-electron chi connectivity index (χ1n) is 6.96. The zero-order valence-corrected chi connectivity index (χ0v) is 15.1. The molecule has 0 bridgehead atoms. The maximum atomic E-state index is 12.3. The molecule has 0 aliphatic carbocycles. The number of carbonyl (C=O) groups is 2. The molecule has 2 aromatic rings. The van der Waals surface area contributed by atoms with Crippen molar-refractivity contribution in [1.82, 2.24) is 0 Å². The second kappa shape index (κ2) is 7.62. The number of carbonyl (C=O) groups excluding carboxylic acids is 2. The van der Waals surface area contributed by atoms with Gasteiger partial charge in [-0.3, -0.25) is 9.59 Å². The average molecular weight is 396 g/mol. The highest BCUT2D eigenvalue weighted by molar-refractivity contribution is 9.10. The Hall–Kier alpha value is -1.85. The lowest BCUT2D eigenvalue weighted by Gasteiger charge is -2.21. The third-order valence-corrected chi connectivity index (χ3v) is 4.03. The van der Waals surface area contributed by atoms with E-state index in [-0.39, 0.29) is 18.4 Å². The van der Waals surface area contributed by atoms with Crippen molar-refractivity contribution in [2.24, 2.45) is 0 Å². The first kappa shape index (κ1) is 17.5. The fraction of sp³-hybridized carbons (Fsp3) is 0.176. The minimum Gasteiger partial charge on any atom is -0.324 e. The molecule has 1 N–H and O–H groups in total. The first-order chi connectivity index (χ1) is 10.9. The van der Waals surface area contributed by atoms with Crippen molar-refractivity contribution in [3.63, 3.8) is 0 Å². The minimum absolute atomic E-state index is 0.0630. The molecule has 0 fully saturated rings. The Morgan fingerprint density at radius 3 is 2.39 bits per heavy atom. The van der Waals surface area contributed by atoms with Crippen molar-refractivity contribution in [2.75, 3.05) is 16.8 Å². The molecule has 0 atom stereocenters. The Morgan fingerprint density at radius 1 is 1.17 bits per heavy atom. The third kappa shape index (κ3) is 4.81. The normalized spacial score (nSPS) is 10.3. The van der Waals surface area contributed by atoms with Crippen LogP contribution in [0.25, 0.3) is 0 Å². The summed E-state index contributed by atoms with van der Waals surface area (Å²) in [6.45, 7) is 3.27. The molecule has 0 saturated heterocycles. The topological polar surface area (TPSA) is 49.4 Å². The SMILES string of the molecule is CC(=O)N(CC(=O)Nc1ccc(Br)cc1C)c1ccc(Cl)cc1. The Labute approximate surface area is 148 Å². The van der Waals surface area contributed by atoms with Crippen LogP contribution in [0, 0.1) is 6.92 Å². The number of benzene rings is 2. The van der Waals surface area contributed by atoms with Crippen molar-refractivity contribution in [3.8, 4) is 0 Å². The van der Waals surface area contributed by atoms with E-state index in [1.54, 1.807) is 24.3 Å². The maximum absolute atomic E-state index is 12.3.